The second-order valence-electron chi connectivity index (χ2n) is 7.87. The number of anilines is 2. The monoisotopic (exact) mass is 420 g/mol. The van der Waals surface area contributed by atoms with E-state index in [1.165, 1.54) is 19.3 Å². The van der Waals surface area contributed by atoms with Crippen LogP contribution in [0.25, 0.3) is 0 Å². The van der Waals surface area contributed by atoms with Crippen molar-refractivity contribution in [2.45, 2.75) is 24.2 Å². The van der Waals surface area contributed by atoms with E-state index in [9.17, 15) is 4.79 Å². The quantitative estimate of drug-likeness (QED) is 0.693. The van der Waals surface area contributed by atoms with Crippen LogP contribution >= 0.6 is 11.8 Å². The summed E-state index contributed by atoms with van der Waals surface area (Å²) in [7, 11) is 0. The number of hydrogen-bond donors (Lipinski definition) is 0. The Balaban J connectivity index is 1.48. The molecule has 0 aromatic heterocycles. The van der Waals surface area contributed by atoms with Crippen LogP contribution in [0.3, 0.4) is 0 Å². The molecule has 0 unspecified atom stereocenters. The first-order valence-electron chi connectivity index (χ1n) is 10.7. The van der Waals surface area contributed by atoms with Crippen LogP contribution in [0.2, 0.25) is 0 Å². The van der Waals surface area contributed by atoms with Crippen molar-refractivity contribution < 1.29 is 4.79 Å². The maximum absolute atomic E-state index is 13.5. The average Bonchev–Trinajstić information content (AvgIpc) is 2.84. The molecule has 2 aliphatic heterocycles. The van der Waals surface area contributed by atoms with Crippen molar-refractivity contribution in [2.75, 3.05) is 55.3 Å². The molecule has 0 saturated carbocycles. The van der Waals surface area contributed by atoms with Crippen molar-refractivity contribution >= 4 is 29.0 Å². The minimum atomic E-state index is 0.144. The molecule has 1 amide bonds. The molecular weight excluding hydrogens is 392 g/mol. The molecule has 0 spiro atoms. The number of piperidine rings is 1. The van der Waals surface area contributed by atoms with Gasteiger partial charge in [-0.2, -0.15) is 5.26 Å². The van der Waals surface area contributed by atoms with Gasteiger partial charge in [0.05, 0.1) is 17.2 Å². The predicted molar refractivity (Wildman–Crippen MR) is 124 cm³/mol. The second-order valence-corrected chi connectivity index (χ2v) is 8.75. The van der Waals surface area contributed by atoms with Gasteiger partial charge in [0, 0.05) is 55.5 Å². The molecule has 2 aromatic carbocycles. The second kappa shape index (κ2) is 9.44. The highest BCUT2D eigenvalue weighted by atomic mass is 32.2. The third kappa shape index (κ3) is 4.41. The molecule has 0 aliphatic carbocycles. The van der Waals surface area contributed by atoms with Gasteiger partial charge in [-0.25, -0.2) is 0 Å². The average molecular weight is 421 g/mol. The van der Waals surface area contributed by atoms with Crippen LogP contribution in [0, 0.1) is 11.3 Å². The number of hydrogen-bond acceptors (Lipinski definition) is 5. The zero-order chi connectivity index (χ0) is 20.9. The van der Waals surface area contributed by atoms with Crippen LogP contribution in [0.4, 0.5) is 11.4 Å². The number of benzene rings is 2. The number of carbonyl (C=O) groups excluding carboxylic acids is 1. The SMILES string of the molecule is CSc1ccc(N2CCCCC2)c(C(=O)N2CCN(c3ccc(C#N)cc3)CC2)c1. The standard InChI is InChI=1S/C24H28N4OS/c1-30-21-9-10-23(27-11-3-2-4-12-27)22(17-21)24(29)28-15-13-26(14-16-28)20-7-5-19(18-25)6-8-20/h5-10,17H,2-4,11-16H2,1H3. The van der Waals surface area contributed by atoms with E-state index in [0.29, 0.717) is 18.7 Å². The van der Waals surface area contributed by atoms with Gasteiger partial charge in [0.25, 0.3) is 5.91 Å². The topological polar surface area (TPSA) is 50.6 Å². The van der Waals surface area contributed by atoms with Gasteiger partial charge in [-0.1, -0.05) is 0 Å². The first-order chi connectivity index (χ1) is 14.7. The Hall–Kier alpha value is -2.65. The van der Waals surface area contributed by atoms with Gasteiger partial charge in [0.1, 0.15) is 0 Å². The van der Waals surface area contributed by atoms with Crippen molar-refractivity contribution in [3.05, 3.63) is 53.6 Å². The van der Waals surface area contributed by atoms with Gasteiger partial charge in [-0.3, -0.25) is 4.79 Å². The maximum atomic E-state index is 13.5. The summed E-state index contributed by atoms with van der Waals surface area (Å²) in [5.41, 5.74) is 3.72. The Kier molecular flexibility index (Phi) is 6.49. The summed E-state index contributed by atoms with van der Waals surface area (Å²) >= 11 is 1.68. The number of thioether (sulfide) groups is 1. The molecule has 0 bridgehead atoms. The highest BCUT2D eigenvalue weighted by molar-refractivity contribution is 7.98. The first kappa shape index (κ1) is 20.6. The van der Waals surface area contributed by atoms with Crippen molar-refractivity contribution in [3.8, 4) is 6.07 Å². The van der Waals surface area contributed by atoms with Gasteiger partial charge in [0.2, 0.25) is 0 Å². The summed E-state index contributed by atoms with van der Waals surface area (Å²) in [6.45, 7) is 5.10. The van der Waals surface area contributed by atoms with Crippen LogP contribution in [-0.4, -0.2) is 56.3 Å². The summed E-state index contributed by atoms with van der Waals surface area (Å²) in [6, 6.07) is 16.2. The van der Waals surface area contributed by atoms with Gasteiger partial charge in [-0.15, -0.1) is 11.8 Å². The largest absolute Gasteiger partial charge is 0.371 e. The Morgan fingerprint density at radius 1 is 0.900 bits per heavy atom. The van der Waals surface area contributed by atoms with E-state index in [1.54, 1.807) is 11.8 Å². The maximum Gasteiger partial charge on any atom is 0.256 e. The van der Waals surface area contributed by atoms with Gasteiger partial charge in [0.15, 0.2) is 0 Å². The summed E-state index contributed by atoms with van der Waals surface area (Å²) in [5.74, 6) is 0.144. The van der Waals surface area contributed by atoms with E-state index in [0.717, 1.165) is 48.0 Å². The summed E-state index contributed by atoms with van der Waals surface area (Å²) in [5, 5.41) is 8.98. The van der Waals surface area contributed by atoms with Gasteiger partial charge >= 0.3 is 0 Å². The van der Waals surface area contributed by atoms with E-state index in [2.05, 4.69) is 40.3 Å². The number of rotatable bonds is 4. The van der Waals surface area contributed by atoms with Crippen LogP contribution < -0.4 is 9.80 Å². The van der Waals surface area contributed by atoms with Gasteiger partial charge in [-0.05, 0) is 68.0 Å². The number of piperazine rings is 1. The van der Waals surface area contributed by atoms with E-state index < -0.39 is 0 Å². The Morgan fingerprint density at radius 2 is 1.60 bits per heavy atom. The minimum absolute atomic E-state index is 0.144. The van der Waals surface area contributed by atoms with Crippen LogP contribution in [0.5, 0.6) is 0 Å². The molecule has 4 rings (SSSR count). The van der Waals surface area contributed by atoms with Crippen molar-refractivity contribution in [1.29, 1.82) is 5.26 Å². The molecule has 0 radical (unpaired) electrons. The van der Waals surface area contributed by atoms with E-state index in [-0.39, 0.29) is 5.91 Å². The van der Waals surface area contributed by atoms with Crippen molar-refractivity contribution in [1.82, 2.24) is 4.90 Å². The molecule has 2 aliphatic rings. The zero-order valence-electron chi connectivity index (χ0n) is 17.5. The molecule has 0 N–H and O–H groups in total. The summed E-state index contributed by atoms with van der Waals surface area (Å²) in [6.07, 6.45) is 5.73. The summed E-state index contributed by atoms with van der Waals surface area (Å²) < 4.78 is 0. The highest BCUT2D eigenvalue weighted by Gasteiger charge is 2.26. The Morgan fingerprint density at radius 3 is 2.23 bits per heavy atom. The fourth-order valence-corrected chi connectivity index (χ4v) is 4.75. The molecule has 5 nitrogen and oxygen atoms in total. The van der Waals surface area contributed by atoms with Crippen molar-refractivity contribution in [2.24, 2.45) is 0 Å². The lowest BCUT2D eigenvalue weighted by molar-refractivity contribution is 0.0747. The predicted octanol–water partition coefficient (Wildman–Crippen LogP) is 4.23. The third-order valence-electron chi connectivity index (χ3n) is 6.06. The minimum Gasteiger partial charge on any atom is -0.371 e. The lowest BCUT2D eigenvalue weighted by Gasteiger charge is -2.37. The lowest BCUT2D eigenvalue weighted by Crippen LogP contribution is -2.49. The third-order valence-corrected chi connectivity index (χ3v) is 6.78. The van der Waals surface area contributed by atoms with Crippen LogP contribution in [-0.2, 0) is 0 Å². The number of nitrogens with zero attached hydrogens (tertiary/aromatic N) is 4. The first-order valence-corrected chi connectivity index (χ1v) is 11.9. The zero-order valence-corrected chi connectivity index (χ0v) is 18.3. The molecular formula is C24H28N4OS. The van der Waals surface area contributed by atoms with Crippen molar-refractivity contribution in [3.63, 3.8) is 0 Å². The molecule has 2 aromatic rings. The molecule has 6 heteroatoms. The van der Waals surface area contributed by atoms with E-state index >= 15 is 0 Å². The molecule has 2 saturated heterocycles. The van der Waals surface area contributed by atoms with Crippen LogP contribution in [0.15, 0.2) is 47.4 Å². The van der Waals surface area contributed by atoms with E-state index in [4.69, 9.17) is 5.26 Å². The fraction of sp³-hybridized carbons (Fsp3) is 0.417. The van der Waals surface area contributed by atoms with Crippen LogP contribution in [0.1, 0.15) is 35.2 Å². The number of carbonyl (C=O) groups is 1. The number of amides is 1. The molecule has 0 atom stereocenters. The smallest absolute Gasteiger partial charge is 0.256 e. The van der Waals surface area contributed by atoms with E-state index in [1.807, 2.05) is 29.2 Å². The molecule has 156 valence electrons. The fourth-order valence-electron chi connectivity index (χ4n) is 4.31. The Bertz CT molecular complexity index is 923. The number of nitriles is 1. The highest BCUT2D eigenvalue weighted by Crippen LogP contribution is 2.30. The Labute approximate surface area is 183 Å². The lowest BCUT2D eigenvalue weighted by atomic mass is 10.1. The van der Waals surface area contributed by atoms with Gasteiger partial charge < -0.3 is 14.7 Å². The summed E-state index contributed by atoms with van der Waals surface area (Å²) in [4.78, 5) is 21.3. The molecule has 2 heterocycles. The normalized spacial score (nSPS) is 17.0. The molecule has 2 fully saturated rings. The molecule has 30 heavy (non-hydrogen) atoms.